The third-order valence-corrected chi connectivity index (χ3v) is 8.21. The zero-order chi connectivity index (χ0) is 24.1. The van der Waals surface area contributed by atoms with Crippen molar-refractivity contribution in [2.24, 2.45) is 0 Å². The number of anilines is 1. The van der Waals surface area contributed by atoms with Gasteiger partial charge in [0.2, 0.25) is 0 Å². The Bertz CT molecular complexity index is 1240. The van der Waals surface area contributed by atoms with E-state index in [-0.39, 0.29) is 23.4 Å². The van der Waals surface area contributed by atoms with Crippen molar-refractivity contribution in [2.45, 2.75) is 56.5 Å². The molecular formula is C27H29ClN2O3S. The first-order chi connectivity index (χ1) is 16.3. The molecule has 1 aliphatic carbocycles. The molecule has 0 bridgehead atoms. The Labute approximate surface area is 206 Å². The van der Waals surface area contributed by atoms with E-state index in [0.29, 0.717) is 16.3 Å². The van der Waals surface area contributed by atoms with Gasteiger partial charge in [-0.2, -0.15) is 0 Å². The zero-order valence-corrected chi connectivity index (χ0v) is 20.8. The number of nitrogens with zero attached hydrogens (tertiary/aromatic N) is 1. The monoisotopic (exact) mass is 496 g/mol. The van der Waals surface area contributed by atoms with Crippen molar-refractivity contribution < 1.29 is 13.2 Å². The van der Waals surface area contributed by atoms with Gasteiger partial charge in [0.1, 0.15) is 0 Å². The van der Waals surface area contributed by atoms with E-state index in [1.807, 2.05) is 6.92 Å². The van der Waals surface area contributed by atoms with Crippen LogP contribution in [-0.4, -0.2) is 20.4 Å². The molecule has 0 aromatic heterocycles. The first-order valence-electron chi connectivity index (χ1n) is 11.6. The Morgan fingerprint density at radius 1 is 0.971 bits per heavy atom. The maximum absolute atomic E-state index is 13.6. The fourth-order valence-corrected chi connectivity index (χ4v) is 5.86. The summed E-state index contributed by atoms with van der Waals surface area (Å²) < 4.78 is 28.5. The Hall–Kier alpha value is -2.83. The second kappa shape index (κ2) is 10.6. The number of benzene rings is 3. The summed E-state index contributed by atoms with van der Waals surface area (Å²) in [6.07, 6.45) is 5.58. The van der Waals surface area contributed by atoms with Gasteiger partial charge in [-0.25, -0.2) is 8.42 Å². The summed E-state index contributed by atoms with van der Waals surface area (Å²) >= 11 is 6.18. The highest BCUT2D eigenvalue weighted by Gasteiger charge is 2.25. The number of carbonyl (C=O) groups excluding carboxylic acids is 1. The minimum Gasteiger partial charge on any atom is -0.349 e. The second-order valence-corrected chi connectivity index (χ2v) is 11.1. The summed E-state index contributed by atoms with van der Waals surface area (Å²) in [4.78, 5) is 12.9. The summed E-state index contributed by atoms with van der Waals surface area (Å²) in [6, 6.07) is 20.9. The Kier molecular flexibility index (Phi) is 7.59. The van der Waals surface area contributed by atoms with E-state index in [4.69, 9.17) is 11.6 Å². The van der Waals surface area contributed by atoms with Gasteiger partial charge in [0.05, 0.1) is 17.1 Å². The van der Waals surface area contributed by atoms with Crippen molar-refractivity contribution in [2.75, 3.05) is 4.31 Å². The molecule has 1 saturated carbocycles. The average molecular weight is 497 g/mol. The van der Waals surface area contributed by atoms with Crippen LogP contribution in [0.1, 0.15) is 53.6 Å². The number of hydrogen-bond acceptors (Lipinski definition) is 3. The van der Waals surface area contributed by atoms with Crippen LogP contribution in [0.25, 0.3) is 0 Å². The molecular weight excluding hydrogens is 468 g/mol. The molecule has 0 atom stereocenters. The van der Waals surface area contributed by atoms with E-state index >= 15 is 0 Å². The summed E-state index contributed by atoms with van der Waals surface area (Å²) in [6.45, 7) is 2.03. The lowest BCUT2D eigenvalue weighted by atomic mass is 9.95. The highest BCUT2D eigenvalue weighted by molar-refractivity contribution is 7.92. The number of amides is 1. The molecule has 4 rings (SSSR count). The van der Waals surface area contributed by atoms with Crippen molar-refractivity contribution in [1.29, 1.82) is 0 Å². The number of rotatable bonds is 7. The molecule has 1 aliphatic rings. The molecule has 3 aromatic carbocycles. The van der Waals surface area contributed by atoms with Gasteiger partial charge in [-0.05, 0) is 67.8 Å². The Balaban J connectivity index is 1.58. The van der Waals surface area contributed by atoms with Gasteiger partial charge in [0, 0.05) is 16.6 Å². The summed E-state index contributed by atoms with van der Waals surface area (Å²) in [5.74, 6) is -0.0857. The van der Waals surface area contributed by atoms with E-state index < -0.39 is 10.0 Å². The SMILES string of the molecule is Cc1ccc(S(=O)(=O)N(Cc2ccc(C(=O)NC3CCCCC3)cc2)c2cccc(Cl)c2)cc1. The summed E-state index contributed by atoms with van der Waals surface area (Å²) in [7, 11) is -3.84. The molecule has 178 valence electrons. The Morgan fingerprint density at radius 2 is 1.65 bits per heavy atom. The number of sulfonamides is 1. The summed E-state index contributed by atoms with van der Waals surface area (Å²) in [5, 5.41) is 3.57. The fraction of sp³-hybridized carbons (Fsp3) is 0.296. The lowest BCUT2D eigenvalue weighted by Gasteiger charge is -2.25. The van der Waals surface area contributed by atoms with Crippen molar-refractivity contribution in [3.8, 4) is 0 Å². The van der Waals surface area contributed by atoms with Gasteiger partial charge in [0.25, 0.3) is 15.9 Å². The molecule has 0 unspecified atom stereocenters. The van der Waals surface area contributed by atoms with Crippen LogP contribution >= 0.6 is 11.6 Å². The quantitative estimate of drug-likeness (QED) is 0.429. The molecule has 0 saturated heterocycles. The van der Waals surface area contributed by atoms with Crippen LogP contribution in [-0.2, 0) is 16.6 Å². The summed E-state index contributed by atoms with van der Waals surface area (Å²) in [5.41, 5.74) is 2.80. The van der Waals surface area contributed by atoms with Crippen LogP contribution in [0.5, 0.6) is 0 Å². The molecule has 0 aliphatic heterocycles. The average Bonchev–Trinajstić information content (AvgIpc) is 2.83. The van der Waals surface area contributed by atoms with Gasteiger partial charge in [-0.3, -0.25) is 9.10 Å². The fourth-order valence-electron chi connectivity index (χ4n) is 4.23. The predicted molar refractivity (Wildman–Crippen MR) is 137 cm³/mol. The van der Waals surface area contributed by atoms with Crippen LogP contribution in [0, 0.1) is 6.92 Å². The molecule has 1 amide bonds. The second-order valence-electron chi connectivity index (χ2n) is 8.81. The first-order valence-corrected chi connectivity index (χ1v) is 13.4. The highest BCUT2D eigenvalue weighted by atomic mass is 35.5. The van der Waals surface area contributed by atoms with Gasteiger partial charge >= 0.3 is 0 Å². The molecule has 0 radical (unpaired) electrons. The van der Waals surface area contributed by atoms with Crippen molar-refractivity contribution >= 4 is 33.2 Å². The molecule has 0 spiro atoms. The largest absolute Gasteiger partial charge is 0.349 e. The van der Waals surface area contributed by atoms with E-state index in [0.717, 1.165) is 36.8 Å². The Morgan fingerprint density at radius 3 is 2.29 bits per heavy atom. The van der Waals surface area contributed by atoms with E-state index in [2.05, 4.69) is 5.32 Å². The zero-order valence-electron chi connectivity index (χ0n) is 19.2. The molecule has 0 heterocycles. The van der Waals surface area contributed by atoms with E-state index in [1.54, 1.807) is 72.8 Å². The lowest BCUT2D eigenvalue weighted by Crippen LogP contribution is -2.36. The maximum atomic E-state index is 13.6. The molecule has 34 heavy (non-hydrogen) atoms. The van der Waals surface area contributed by atoms with Crippen molar-refractivity contribution in [3.63, 3.8) is 0 Å². The van der Waals surface area contributed by atoms with Crippen molar-refractivity contribution in [3.05, 3.63) is 94.5 Å². The third-order valence-electron chi connectivity index (χ3n) is 6.19. The standard InChI is InChI=1S/C27H29ClN2O3S/c1-20-10-16-26(17-11-20)34(32,33)30(25-9-5-6-23(28)18-25)19-21-12-14-22(15-13-21)27(31)29-24-7-3-2-4-8-24/h5-6,9-18,24H,2-4,7-8,19H2,1H3,(H,29,31). The third kappa shape index (κ3) is 5.80. The number of halogens is 1. The van der Waals surface area contributed by atoms with Crippen molar-refractivity contribution in [1.82, 2.24) is 5.32 Å². The molecule has 7 heteroatoms. The van der Waals surface area contributed by atoms with Crippen LogP contribution in [0.2, 0.25) is 5.02 Å². The topological polar surface area (TPSA) is 66.5 Å². The van der Waals surface area contributed by atoms with Crippen LogP contribution in [0.15, 0.2) is 77.7 Å². The highest BCUT2D eigenvalue weighted by Crippen LogP contribution is 2.28. The van der Waals surface area contributed by atoms with Gasteiger partial charge in [-0.1, -0.05) is 66.8 Å². The lowest BCUT2D eigenvalue weighted by molar-refractivity contribution is 0.0927. The van der Waals surface area contributed by atoms with Gasteiger partial charge in [0.15, 0.2) is 0 Å². The molecule has 3 aromatic rings. The number of carbonyl (C=O) groups is 1. The van der Waals surface area contributed by atoms with E-state index in [1.165, 1.54) is 10.7 Å². The van der Waals surface area contributed by atoms with Crippen LogP contribution in [0.3, 0.4) is 0 Å². The molecule has 1 fully saturated rings. The smallest absolute Gasteiger partial charge is 0.264 e. The number of hydrogen-bond donors (Lipinski definition) is 1. The molecule has 5 nitrogen and oxygen atoms in total. The number of nitrogens with one attached hydrogen (secondary N) is 1. The first kappa shape index (κ1) is 24.3. The van der Waals surface area contributed by atoms with Crippen LogP contribution < -0.4 is 9.62 Å². The van der Waals surface area contributed by atoms with Crippen LogP contribution in [0.4, 0.5) is 5.69 Å². The predicted octanol–water partition coefficient (Wildman–Crippen LogP) is 6.11. The number of aryl methyl sites for hydroxylation is 1. The maximum Gasteiger partial charge on any atom is 0.264 e. The van der Waals surface area contributed by atoms with Gasteiger partial charge in [-0.15, -0.1) is 0 Å². The minimum absolute atomic E-state index is 0.0857. The van der Waals surface area contributed by atoms with E-state index in [9.17, 15) is 13.2 Å². The normalized spacial score (nSPS) is 14.5. The van der Waals surface area contributed by atoms with Gasteiger partial charge < -0.3 is 5.32 Å². The molecule has 1 N–H and O–H groups in total. The minimum atomic E-state index is -3.84.